The Balaban J connectivity index is 1.73. The molecule has 0 atom stereocenters. The SMILES string of the molecule is COC(=O)c1ccccc1OCc1cc(C=NNc2nc(N)cs2)ccc1OC. The van der Waals surface area contributed by atoms with Crippen LogP contribution >= 0.6 is 11.3 Å². The number of nitrogens with zero attached hydrogens (tertiary/aromatic N) is 2. The molecule has 2 aromatic carbocycles. The first kappa shape index (κ1) is 20.2. The zero-order chi connectivity index (χ0) is 20.6. The third kappa shape index (κ3) is 5.23. The highest BCUT2D eigenvalue weighted by Crippen LogP contribution is 2.24. The fraction of sp³-hybridized carbons (Fsp3) is 0.150. The molecule has 29 heavy (non-hydrogen) atoms. The fourth-order valence-corrected chi connectivity index (χ4v) is 3.07. The minimum atomic E-state index is -0.456. The van der Waals surface area contributed by atoms with Crippen molar-refractivity contribution < 1.29 is 19.0 Å². The first-order valence-electron chi connectivity index (χ1n) is 8.58. The summed E-state index contributed by atoms with van der Waals surface area (Å²) in [5.41, 5.74) is 10.4. The maximum absolute atomic E-state index is 11.9. The molecule has 0 saturated heterocycles. The Morgan fingerprint density at radius 1 is 1.24 bits per heavy atom. The van der Waals surface area contributed by atoms with Gasteiger partial charge in [-0.1, -0.05) is 12.1 Å². The quantitative estimate of drug-likeness (QED) is 0.331. The Bertz CT molecular complexity index is 1020. The number of hydrogen-bond acceptors (Lipinski definition) is 9. The molecule has 8 nitrogen and oxygen atoms in total. The molecule has 0 aliphatic rings. The minimum Gasteiger partial charge on any atom is -0.496 e. The van der Waals surface area contributed by atoms with Crippen molar-refractivity contribution >= 4 is 34.5 Å². The Labute approximate surface area is 171 Å². The van der Waals surface area contributed by atoms with Gasteiger partial charge < -0.3 is 19.9 Å². The Kier molecular flexibility index (Phi) is 6.64. The summed E-state index contributed by atoms with van der Waals surface area (Å²) in [6, 6.07) is 12.5. The molecule has 0 unspecified atom stereocenters. The van der Waals surface area contributed by atoms with Crippen LogP contribution in [0.3, 0.4) is 0 Å². The third-order valence-corrected chi connectivity index (χ3v) is 4.64. The predicted octanol–water partition coefficient (Wildman–Crippen LogP) is 3.55. The molecule has 0 aliphatic heterocycles. The molecule has 1 heterocycles. The lowest BCUT2D eigenvalue weighted by Gasteiger charge is -2.13. The van der Waals surface area contributed by atoms with Gasteiger partial charge in [0.1, 0.15) is 29.5 Å². The molecule has 3 aromatic rings. The maximum atomic E-state index is 11.9. The van der Waals surface area contributed by atoms with Crippen molar-refractivity contribution in [3.05, 3.63) is 64.5 Å². The van der Waals surface area contributed by atoms with Gasteiger partial charge in [0.2, 0.25) is 5.13 Å². The number of rotatable bonds is 8. The summed E-state index contributed by atoms with van der Waals surface area (Å²) in [5, 5.41) is 6.50. The molecule has 3 rings (SSSR count). The van der Waals surface area contributed by atoms with Gasteiger partial charge in [-0.15, -0.1) is 11.3 Å². The number of esters is 1. The number of nitrogen functional groups attached to an aromatic ring is 1. The van der Waals surface area contributed by atoms with Gasteiger partial charge in [0.15, 0.2) is 0 Å². The molecule has 0 aliphatic carbocycles. The number of methoxy groups -OCH3 is 2. The Hall–Kier alpha value is -3.59. The van der Waals surface area contributed by atoms with E-state index in [0.717, 1.165) is 11.1 Å². The van der Waals surface area contributed by atoms with Crippen LogP contribution in [0.15, 0.2) is 52.9 Å². The summed E-state index contributed by atoms with van der Waals surface area (Å²) >= 11 is 1.37. The normalized spacial score (nSPS) is 10.7. The molecule has 0 bridgehead atoms. The van der Waals surface area contributed by atoms with Crippen molar-refractivity contribution in [2.75, 3.05) is 25.4 Å². The fourth-order valence-electron chi connectivity index (χ4n) is 2.52. The van der Waals surface area contributed by atoms with Gasteiger partial charge in [-0.3, -0.25) is 5.43 Å². The lowest BCUT2D eigenvalue weighted by atomic mass is 10.1. The van der Waals surface area contributed by atoms with Crippen LogP contribution in [0, 0.1) is 0 Å². The second-order valence-corrected chi connectivity index (χ2v) is 6.65. The van der Waals surface area contributed by atoms with Crippen molar-refractivity contribution in [3.63, 3.8) is 0 Å². The molecular formula is C20H20N4O4S. The van der Waals surface area contributed by atoms with Crippen molar-refractivity contribution in [1.29, 1.82) is 0 Å². The lowest BCUT2D eigenvalue weighted by molar-refractivity contribution is 0.0595. The van der Waals surface area contributed by atoms with Crippen molar-refractivity contribution in [2.45, 2.75) is 6.61 Å². The van der Waals surface area contributed by atoms with E-state index < -0.39 is 5.97 Å². The highest BCUT2D eigenvalue weighted by molar-refractivity contribution is 7.14. The monoisotopic (exact) mass is 412 g/mol. The second kappa shape index (κ2) is 9.56. The number of benzene rings is 2. The number of thiazole rings is 1. The largest absolute Gasteiger partial charge is 0.496 e. The zero-order valence-electron chi connectivity index (χ0n) is 15.9. The highest BCUT2D eigenvalue weighted by Gasteiger charge is 2.13. The Morgan fingerprint density at radius 3 is 2.79 bits per heavy atom. The van der Waals surface area contributed by atoms with E-state index in [-0.39, 0.29) is 6.61 Å². The van der Waals surface area contributed by atoms with Crippen LogP contribution in [0.25, 0.3) is 0 Å². The van der Waals surface area contributed by atoms with E-state index in [1.165, 1.54) is 18.4 Å². The van der Waals surface area contributed by atoms with Gasteiger partial charge in [-0.25, -0.2) is 9.78 Å². The number of carbonyl (C=O) groups excluding carboxylic acids is 1. The molecule has 0 fully saturated rings. The predicted molar refractivity (Wildman–Crippen MR) is 113 cm³/mol. The summed E-state index contributed by atoms with van der Waals surface area (Å²) < 4.78 is 16.1. The van der Waals surface area contributed by atoms with Crippen LogP contribution in [-0.4, -0.2) is 31.4 Å². The number of hydrogen-bond donors (Lipinski definition) is 2. The van der Waals surface area contributed by atoms with Crippen molar-refractivity contribution in [2.24, 2.45) is 5.10 Å². The summed E-state index contributed by atoms with van der Waals surface area (Å²) in [4.78, 5) is 16.0. The number of para-hydroxylation sites is 1. The van der Waals surface area contributed by atoms with E-state index in [1.807, 2.05) is 18.2 Å². The molecular weight excluding hydrogens is 392 g/mol. The van der Waals surface area contributed by atoms with Gasteiger partial charge in [-0.2, -0.15) is 5.10 Å². The topological polar surface area (TPSA) is 108 Å². The van der Waals surface area contributed by atoms with Crippen molar-refractivity contribution in [3.8, 4) is 11.5 Å². The molecule has 3 N–H and O–H groups in total. The van der Waals surface area contributed by atoms with E-state index in [2.05, 4.69) is 15.5 Å². The number of anilines is 2. The summed E-state index contributed by atoms with van der Waals surface area (Å²) in [5.74, 6) is 1.09. The van der Waals surface area contributed by atoms with Crippen LogP contribution in [0.5, 0.6) is 11.5 Å². The first-order valence-corrected chi connectivity index (χ1v) is 9.46. The number of nitrogens with one attached hydrogen (secondary N) is 1. The van der Waals surface area contributed by atoms with Crippen LogP contribution < -0.4 is 20.6 Å². The molecule has 0 radical (unpaired) electrons. The average molecular weight is 412 g/mol. The second-order valence-electron chi connectivity index (χ2n) is 5.80. The maximum Gasteiger partial charge on any atom is 0.341 e. The number of ether oxygens (including phenoxy) is 3. The number of carbonyl (C=O) groups is 1. The van der Waals surface area contributed by atoms with Crippen LogP contribution in [0.2, 0.25) is 0 Å². The van der Waals surface area contributed by atoms with Gasteiger partial charge >= 0.3 is 5.97 Å². The van der Waals surface area contributed by atoms with E-state index >= 15 is 0 Å². The van der Waals surface area contributed by atoms with Gasteiger partial charge in [0, 0.05) is 10.9 Å². The van der Waals surface area contributed by atoms with Crippen LogP contribution in [0.1, 0.15) is 21.5 Å². The summed E-state index contributed by atoms with van der Waals surface area (Å²) in [7, 11) is 2.92. The standard InChI is InChI=1S/C20H20N4O4S/c1-26-16-8-7-13(10-22-24-20-23-18(21)12-29-20)9-14(16)11-28-17-6-4-3-5-15(17)19(25)27-2/h3-10,12H,11,21H2,1-2H3,(H,23,24). The lowest BCUT2D eigenvalue weighted by Crippen LogP contribution is -2.06. The number of nitrogens with two attached hydrogens (primary N) is 1. The molecule has 150 valence electrons. The molecule has 9 heteroatoms. The first-order chi connectivity index (χ1) is 14.1. The molecule has 0 saturated carbocycles. The zero-order valence-corrected chi connectivity index (χ0v) is 16.7. The number of aromatic nitrogens is 1. The van der Waals surface area contributed by atoms with Crippen molar-refractivity contribution in [1.82, 2.24) is 4.98 Å². The Morgan fingerprint density at radius 2 is 2.07 bits per heavy atom. The van der Waals surface area contributed by atoms with E-state index in [9.17, 15) is 4.79 Å². The third-order valence-electron chi connectivity index (χ3n) is 3.88. The summed E-state index contributed by atoms with van der Waals surface area (Å²) in [6.07, 6.45) is 1.66. The van der Waals surface area contributed by atoms with E-state index in [0.29, 0.717) is 28.0 Å². The van der Waals surface area contributed by atoms with Crippen LogP contribution in [-0.2, 0) is 11.3 Å². The minimum absolute atomic E-state index is 0.204. The van der Waals surface area contributed by atoms with Crippen LogP contribution in [0.4, 0.5) is 10.9 Å². The van der Waals surface area contributed by atoms with E-state index in [1.54, 1.807) is 43.0 Å². The van der Waals surface area contributed by atoms with E-state index in [4.69, 9.17) is 19.9 Å². The van der Waals surface area contributed by atoms with Gasteiger partial charge in [0.25, 0.3) is 0 Å². The smallest absolute Gasteiger partial charge is 0.341 e. The summed E-state index contributed by atoms with van der Waals surface area (Å²) in [6.45, 7) is 0.204. The molecule has 0 spiro atoms. The van der Waals surface area contributed by atoms with Gasteiger partial charge in [0.05, 0.1) is 20.4 Å². The highest BCUT2D eigenvalue weighted by atomic mass is 32.1. The van der Waals surface area contributed by atoms with Gasteiger partial charge in [-0.05, 0) is 35.9 Å². The molecule has 1 aromatic heterocycles. The number of hydrazone groups is 1. The average Bonchev–Trinajstić information content (AvgIpc) is 3.17. The molecule has 0 amide bonds.